The molecule has 3 aromatic rings. The van der Waals surface area contributed by atoms with Crippen molar-refractivity contribution in [2.45, 2.75) is 0 Å². The minimum atomic E-state index is -0.421. The predicted molar refractivity (Wildman–Crippen MR) is 93.5 cm³/mol. The average Bonchev–Trinajstić information content (AvgIpc) is 2.62. The molecule has 0 amide bonds. The fourth-order valence-corrected chi connectivity index (χ4v) is 2.41. The number of nitriles is 1. The van der Waals surface area contributed by atoms with Crippen molar-refractivity contribution in [3.8, 4) is 22.9 Å². The molecular formula is C19H15N3O2. The number of rotatable bonds is 4. The van der Waals surface area contributed by atoms with Gasteiger partial charge < -0.3 is 15.0 Å². The highest BCUT2D eigenvalue weighted by Crippen LogP contribution is 2.25. The van der Waals surface area contributed by atoms with Gasteiger partial charge >= 0.3 is 0 Å². The Kier molecular flexibility index (Phi) is 4.30. The third kappa shape index (κ3) is 3.13. The van der Waals surface area contributed by atoms with Crippen LogP contribution >= 0.6 is 0 Å². The van der Waals surface area contributed by atoms with E-state index in [2.05, 4.69) is 10.3 Å². The summed E-state index contributed by atoms with van der Waals surface area (Å²) in [6.07, 6.45) is 0. The summed E-state index contributed by atoms with van der Waals surface area (Å²) in [7, 11) is 1.60. The Hall–Kier alpha value is -3.52. The first-order valence-electron chi connectivity index (χ1n) is 7.35. The van der Waals surface area contributed by atoms with E-state index < -0.39 is 5.56 Å². The highest BCUT2D eigenvalue weighted by atomic mass is 16.5. The predicted octanol–water partition coefficient (Wildman–Crippen LogP) is 3.67. The summed E-state index contributed by atoms with van der Waals surface area (Å²) in [6.45, 7) is 0. The summed E-state index contributed by atoms with van der Waals surface area (Å²) in [5, 5.41) is 12.4. The number of ether oxygens (including phenoxy) is 1. The first kappa shape index (κ1) is 15.4. The van der Waals surface area contributed by atoms with Gasteiger partial charge in [-0.15, -0.1) is 0 Å². The molecule has 0 spiro atoms. The molecule has 0 aliphatic carbocycles. The quantitative estimate of drug-likeness (QED) is 0.769. The molecule has 5 nitrogen and oxygen atoms in total. The topological polar surface area (TPSA) is 77.9 Å². The van der Waals surface area contributed by atoms with E-state index >= 15 is 0 Å². The molecule has 5 heteroatoms. The lowest BCUT2D eigenvalue weighted by Crippen LogP contribution is -2.13. The standard InChI is InChI=1S/C19H15N3O2/c1-24-15-9-7-14(8-10-15)21-18-11-16(13-5-3-2-4-6-13)17(12-20)19(23)22-18/h2-11H,1H3,(H2,21,22,23). The Bertz CT molecular complexity index is 939. The van der Waals surface area contributed by atoms with Crippen LogP contribution in [0.2, 0.25) is 0 Å². The molecule has 0 aliphatic heterocycles. The molecule has 0 unspecified atom stereocenters. The van der Waals surface area contributed by atoms with Crippen LogP contribution in [-0.2, 0) is 0 Å². The van der Waals surface area contributed by atoms with Crippen molar-refractivity contribution in [1.82, 2.24) is 4.98 Å². The minimum Gasteiger partial charge on any atom is -0.497 e. The number of aromatic nitrogens is 1. The van der Waals surface area contributed by atoms with E-state index in [1.54, 1.807) is 13.2 Å². The maximum Gasteiger partial charge on any atom is 0.268 e. The van der Waals surface area contributed by atoms with Gasteiger partial charge in [0.05, 0.1) is 7.11 Å². The van der Waals surface area contributed by atoms with E-state index in [4.69, 9.17) is 4.74 Å². The maximum absolute atomic E-state index is 12.2. The summed E-state index contributed by atoms with van der Waals surface area (Å²) in [4.78, 5) is 14.9. The molecule has 1 aromatic heterocycles. The third-order valence-corrected chi connectivity index (χ3v) is 3.60. The van der Waals surface area contributed by atoms with Crippen LogP contribution in [0.3, 0.4) is 0 Å². The Labute approximate surface area is 139 Å². The van der Waals surface area contributed by atoms with Gasteiger partial charge in [0, 0.05) is 11.3 Å². The number of hydrogen-bond acceptors (Lipinski definition) is 4. The molecule has 118 valence electrons. The maximum atomic E-state index is 12.2. The second kappa shape index (κ2) is 6.71. The monoisotopic (exact) mass is 317 g/mol. The molecule has 1 heterocycles. The van der Waals surface area contributed by atoms with Gasteiger partial charge in [0.2, 0.25) is 0 Å². The van der Waals surface area contributed by atoms with Crippen molar-refractivity contribution in [1.29, 1.82) is 5.26 Å². The zero-order valence-electron chi connectivity index (χ0n) is 13.0. The number of H-pyrrole nitrogens is 1. The summed E-state index contributed by atoms with van der Waals surface area (Å²) >= 11 is 0. The van der Waals surface area contributed by atoms with Crippen molar-refractivity contribution in [3.05, 3.63) is 76.6 Å². The fourth-order valence-electron chi connectivity index (χ4n) is 2.41. The van der Waals surface area contributed by atoms with Crippen molar-refractivity contribution >= 4 is 11.5 Å². The van der Waals surface area contributed by atoms with E-state index in [0.29, 0.717) is 11.4 Å². The molecule has 0 saturated heterocycles. The number of nitrogens with one attached hydrogen (secondary N) is 2. The smallest absolute Gasteiger partial charge is 0.268 e. The lowest BCUT2D eigenvalue weighted by Gasteiger charge is -2.10. The van der Waals surface area contributed by atoms with Gasteiger partial charge in [0.15, 0.2) is 0 Å². The highest BCUT2D eigenvalue weighted by molar-refractivity contribution is 5.74. The van der Waals surface area contributed by atoms with Crippen LogP contribution in [0.25, 0.3) is 11.1 Å². The van der Waals surface area contributed by atoms with Crippen molar-refractivity contribution in [2.24, 2.45) is 0 Å². The molecule has 0 bridgehead atoms. The molecule has 0 radical (unpaired) electrons. The van der Waals surface area contributed by atoms with E-state index in [1.165, 1.54) is 0 Å². The largest absolute Gasteiger partial charge is 0.497 e. The van der Waals surface area contributed by atoms with E-state index in [0.717, 1.165) is 17.0 Å². The van der Waals surface area contributed by atoms with E-state index in [-0.39, 0.29) is 5.56 Å². The van der Waals surface area contributed by atoms with Gasteiger partial charge in [-0.1, -0.05) is 30.3 Å². The summed E-state index contributed by atoms with van der Waals surface area (Å²) in [5.41, 5.74) is 1.89. The second-order valence-corrected chi connectivity index (χ2v) is 5.13. The lowest BCUT2D eigenvalue weighted by atomic mass is 10.0. The number of benzene rings is 2. The molecular weight excluding hydrogens is 302 g/mol. The van der Waals surface area contributed by atoms with E-state index in [1.807, 2.05) is 60.7 Å². The van der Waals surface area contributed by atoms with Crippen LogP contribution in [0.15, 0.2) is 65.5 Å². The second-order valence-electron chi connectivity index (χ2n) is 5.13. The van der Waals surface area contributed by atoms with Gasteiger partial charge in [0.1, 0.15) is 23.2 Å². The third-order valence-electron chi connectivity index (χ3n) is 3.60. The number of pyridine rings is 1. The molecule has 0 saturated carbocycles. The molecule has 24 heavy (non-hydrogen) atoms. The van der Waals surface area contributed by atoms with E-state index in [9.17, 15) is 10.1 Å². The average molecular weight is 317 g/mol. The molecule has 0 atom stereocenters. The number of nitrogens with zero attached hydrogens (tertiary/aromatic N) is 1. The number of hydrogen-bond donors (Lipinski definition) is 2. The van der Waals surface area contributed by atoms with Crippen LogP contribution in [0.5, 0.6) is 5.75 Å². The number of aromatic amines is 1. The summed E-state index contributed by atoms with van der Waals surface area (Å²) < 4.78 is 5.12. The van der Waals surface area contributed by atoms with Crippen LogP contribution < -0.4 is 15.6 Å². The highest BCUT2D eigenvalue weighted by Gasteiger charge is 2.11. The minimum absolute atomic E-state index is 0.0986. The molecule has 0 fully saturated rings. The Morgan fingerprint density at radius 1 is 1.08 bits per heavy atom. The first-order chi connectivity index (χ1) is 11.7. The van der Waals surface area contributed by atoms with Crippen LogP contribution in [0.4, 0.5) is 11.5 Å². The van der Waals surface area contributed by atoms with Crippen LogP contribution in [0, 0.1) is 11.3 Å². The van der Waals surface area contributed by atoms with Crippen molar-refractivity contribution in [2.75, 3.05) is 12.4 Å². The number of anilines is 2. The summed E-state index contributed by atoms with van der Waals surface area (Å²) in [5.74, 6) is 1.27. The molecule has 3 rings (SSSR count). The van der Waals surface area contributed by atoms with Gasteiger partial charge in [-0.25, -0.2) is 0 Å². The fraction of sp³-hybridized carbons (Fsp3) is 0.0526. The van der Waals surface area contributed by atoms with Gasteiger partial charge in [-0.3, -0.25) is 4.79 Å². The normalized spacial score (nSPS) is 10.0. The van der Waals surface area contributed by atoms with Crippen molar-refractivity contribution in [3.63, 3.8) is 0 Å². The Morgan fingerprint density at radius 2 is 1.79 bits per heavy atom. The van der Waals surface area contributed by atoms with Crippen LogP contribution in [-0.4, -0.2) is 12.1 Å². The number of methoxy groups -OCH3 is 1. The van der Waals surface area contributed by atoms with Crippen molar-refractivity contribution < 1.29 is 4.74 Å². The van der Waals surface area contributed by atoms with Crippen LogP contribution in [0.1, 0.15) is 5.56 Å². The first-order valence-corrected chi connectivity index (χ1v) is 7.35. The molecule has 2 aromatic carbocycles. The van der Waals surface area contributed by atoms with Gasteiger partial charge in [-0.05, 0) is 35.9 Å². The Balaban J connectivity index is 2.02. The molecule has 0 aliphatic rings. The SMILES string of the molecule is COc1ccc(Nc2cc(-c3ccccc3)c(C#N)c(=O)[nH]2)cc1. The summed E-state index contributed by atoms with van der Waals surface area (Å²) in [6, 6.07) is 20.4. The zero-order chi connectivity index (χ0) is 16.9. The van der Waals surface area contributed by atoms with Gasteiger partial charge in [0.25, 0.3) is 5.56 Å². The molecule has 2 N–H and O–H groups in total. The zero-order valence-corrected chi connectivity index (χ0v) is 13.0. The lowest BCUT2D eigenvalue weighted by molar-refractivity contribution is 0.415. The Morgan fingerprint density at radius 3 is 2.42 bits per heavy atom. The van der Waals surface area contributed by atoms with Gasteiger partial charge in [-0.2, -0.15) is 5.26 Å².